The van der Waals surface area contributed by atoms with Gasteiger partial charge in [-0.1, -0.05) is 36.8 Å². The summed E-state index contributed by atoms with van der Waals surface area (Å²) < 4.78 is 5.58. The molecule has 20 heavy (non-hydrogen) atoms. The SMILES string of the molecule is CCCOc1ccc(CNc2ccc(C)cc2C)cc1. The van der Waals surface area contributed by atoms with Crippen LogP contribution in [0.15, 0.2) is 42.5 Å². The van der Waals surface area contributed by atoms with Crippen LogP contribution in [0, 0.1) is 13.8 Å². The van der Waals surface area contributed by atoms with E-state index >= 15 is 0 Å². The fraction of sp³-hybridized carbons (Fsp3) is 0.333. The number of hydrogen-bond donors (Lipinski definition) is 1. The van der Waals surface area contributed by atoms with Crippen LogP contribution in [0.3, 0.4) is 0 Å². The fourth-order valence-corrected chi connectivity index (χ4v) is 2.13. The summed E-state index contributed by atoms with van der Waals surface area (Å²) in [6.45, 7) is 7.98. The van der Waals surface area contributed by atoms with E-state index in [-0.39, 0.29) is 0 Å². The Kier molecular flexibility index (Phi) is 5.05. The van der Waals surface area contributed by atoms with Gasteiger partial charge in [-0.05, 0) is 49.6 Å². The number of ether oxygens (including phenoxy) is 1. The van der Waals surface area contributed by atoms with E-state index in [1.54, 1.807) is 0 Å². The molecule has 0 aliphatic carbocycles. The molecule has 2 aromatic rings. The van der Waals surface area contributed by atoms with Crippen LogP contribution in [0.1, 0.15) is 30.0 Å². The summed E-state index contributed by atoms with van der Waals surface area (Å²) in [6.07, 6.45) is 1.04. The molecular weight excluding hydrogens is 246 g/mol. The van der Waals surface area contributed by atoms with Crippen LogP contribution >= 0.6 is 0 Å². The number of nitrogens with one attached hydrogen (secondary N) is 1. The standard InChI is InChI=1S/C18H23NO/c1-4-11-20-17-8-6-16(7-9-17)13-19-18-10-5-14(2)12-15(18)3/h5-10,12,19H,4,11,13H2,1-3H3. The fourth-order valence-electron chi connectivity index (χ4n) is 2.13. The first-order valence-electron chi connectivity index (χ1n) is 7.22. The Hall–Kier alpha value is -1.96. The molecule has 1 N–H and O–H groups in total. The van der Waals surface area contributed by atoms with Gasteiger partial charge in [-0.15, -0.1) is 0 Å². The summed E-state index contributed by atoms with van der Waals surface area (Å²) in [5.41, 5.74) is 5.04. The lowest BCUT2D eigenvalue weighted by Gasteiger charge is -2.11. The number of aryl methyl sites for hydroxylation is 2. The van der Waals surface area contributed by atoms with Crippen molar-refractivity contribution in [3.8, 4) is 5.75 Å². The Labute approximate surface area is 121 Å². The second-order valence-electron chi connectivity index (χ2n) is 5.16. The van der Waals surface area contributed by atoms with Crippen molar-refractivity contribution in [1.82, 2.24) is 0 Å². The van der Waals surface area contributed by atoms with E-state index in [2.05, 4.69) is 56.4 Å². The maximum absolute atomic E-state index is 5.58. The van der Waals surface area contributed by atoms with Gasteiger partial charge in [-0.2, -0.15) is 0 Å². The molecule has 0 aromatic heterocycles. The molecule has 0 aliphatic heterocycles. The second kappa shape index (κ2) is 6.99. The third-order valence-electron chi connectivity index (χ3n) is 3.26. The summed E-state index contributed by atoms with van der Waals surface area (Å²) in [6, 6.07) is 14.8. The zero-order valence-corrected chi connectivity index (χ0v) is 12.6. The molecule has 2 rings (SSSR count). The van der Waals surface area contributed by atoms with Gasteiger partial charge in [-0.3, -0.25) is 0 Å². The first-order valence-corrected chi connectivity index (χ1v) is 7.22. The molecule has 0 atom stereocenters. The quantitative estimate of drug-likeness (QED) is 0.820. The van der Waals surface area contributed by atoms with E-state index in [1.165, 1.54) is 22.4 Å². The summed E-state index contributed by atoms with van der Waals surface area (Å²) in [5, 5.41) is 3.48. The van der Waals surface area contributed by atoms with Crippen molar-refractivity contribution in [2.75, 3.05) is 11.9 Å². The van der Waals surface area contributed by atoms with E-state index in [1.807, 2.05) is 12.1 Å². The van der Waals surface area contributed by atoms with Gasteiger partial charge in [0, 0.05) is 12.2 Å². The molecule has 0 radical (unpaired) electrons. The van der Waals surface area contributed by atoms with Crippen LogP contribution in [-0.2, 0) is 6.54 Å². The van der Waals surface area contributed by atoms with Gasteiger partial charge in [0.25, 0.3) is 0 Å². The molecule has 0 aliphatic rings. The van der Waals surface area contributed by atoms with Crippen LogP contribution in [0.2, 0.25) is 0 Å². The van der Waals surface area contributed by atoms with Crippen LogP contribution in [0.25, 0.3) is 0 Å². The number of hydrogen-bond acceptors (Lipinski definition) is 2. The van der Waals surface area contributed by atoms with Gasteiger partial charge in [-0.25, -0.2) is 0 Å². The minimum Gasteiger partial charge on any atom is -0.494 e. The van der Waals surface area contributed by atoms with Crippen LogP contribution < -0.4 is 10.1 Å². The third-order valence-corrected chi connectivity index (χ3v) is 3.26. The summed E-state index contributed by atoms with van der Waals surface area (Å²) >= 11 is 0. The molecule has 0 unspecified atom stereocenters. The second-order valence-corrected chi connectivity index (χ2v) is 5.16. The van der Waals surface area contributed by atoms with Gasteiger partial charge in [0.05, 0.1) is 6.61 Å². The predicted molar refractivity (Wildman–Crippen MR) is 85.5 cm³/mol. The van der Waals surface area contributed by atoms with Crippen molar-refractivity contribution in [3.63, 3.8) is 0 Å². The van der Waals surface area contributed by atoms with Crippen LogP contribution in [0.4, 0.5) is 5.69 Å². The van der Waals surface area contributed by atoms with Gasteiger partial charge in [0.1, 0.15) is 5.75 Å². The molecule has 2 nitrogen and oxygen atoms in total. The Morgan fingerprint density at radius 1 is 1.00 bits per heavy atom. The lowest BCUT2D eigenvalue weighted by molar-refractivity contribution is 0.317. The van der Waals surface area contributed by atoms with E-state index in [0.29, 0.717) is 0 Å². The molecule has 2 heteroatoms. The summed E-state index contributed by atoms with van der Waals surface area (Å²) in [4.78, 5) is 0. The van der Waals surface area contributed by atoms with Crippen LogP contribution in [-0.4, -0.2) is 6.61 Å². The predicted octanol–water partition coefficient (Wildman–Crippen LogP) is 4.70. The first-order chi connectivity index (χ1) is 9.69. The highest BCUT2D eigenvalue weighted by Crippen LogP contribution is 2.18. The average molecular weight is 269 g/mol. The van der Waals surface area contributed by atoms with E-state index in [4.69, 9.17) is 4.74 Å². The molecule has 0 saturated heterocycles. The molecule has 2 aromatic carbocycles. The topological polar surface area (TPSA) is 21.3 Å². The van der Waals surface area contributed by atoms with Gasteiger partial charge in [0.15, 0.2) is 0 Å². The maximum atomic E-state index is 5.58. The molecular formula is C18H23NO. The van der Waals surface area contributed by atoms with Crippen molar-refractivity contribution < 1.29 is 4.74 Å². The normalized spacial score (nSPS) is 10.3. The Morgan fingerprint density at radius 3 is 2.40 bits per heavy atom. The lowest BCUT2D eigenvalue weighted by Crippen LogP contribution is -2.01. The van der Waals surface area contributed by atoms with E-state index < -0.39 is 0 Å². The molecule has 0 spiro atoms. The zero-order valence-electron chi connectivity index (χ0n) is 12.6. The Bertz CT molecular complexity index is 546. The smallest absolute Gasteiger partial charge is 0.119 e. The Balaban J connectivity index is 1.93. The molecule has 106 valence electrons. The molecule has 0 bridgehead atoms. The number of rotatable bonds is 6. The average Bonchev–Trinajstić information content (AvgIpc) is 2.45. The van der Waals surface area contributed by atoms with Crippen molar-refractivity contribution >= 4 is 5.69 Å². The maximum Gasteiger partial charge on any atom is 0.119 e. The van der Waals surface area contributed by atoms with Crippen LogP contribution in [0.5, 0.6) is 5.75 Å². The van der Waals surface area contributed by atoms with Crippen molar-refractivity contribution in [3.05, 3.63) is 59.2 Å². The van der Waals surface area contributed by atoms with Crippen molar-refractivity contribution in [1.29, 1.82) is 0 Å². The first kappa shape index (κ1) is 14.4. The molecule has 0 fully saturated rings. The van der Waals surface area contributed by atoms with Crippen molar-refractivity contribution in [2.24, 2.45) is 0 Å². The highest BCUT2D eigenvalue weighted by molar-refractivity contribution is 5.52. The van der Waals surface area contributed by atoms with E-state index in [9.17, 15) is 0 Å². The van der Waals surface area contributed by atoms with Gasteiger partial charge < -0.3 is 10.1 Å². The lowest BCUT2D eigenvalue weighted by atomic mass is 10.1. The summed E-state index contributed by atoms with van der Waals surface area (Å²) in [5.74, 6) is 0.946. The van der Waals surface area contributed by atoms with Gasteiger partial charge in [0.2, 0.25) is 0 Å². The van der Waals surface area contributed by atoms with Crippen molar-refractivity contribution in [2.45, 2.75) is 33.7 Å². The number of benzene rings is 2. The largest absolute Gasteiger partial charge is 0.494 e. The van der Waals surface area contributed by atoms with E-state index in [0.717, 1.165) is 25.3 Å². The Morgan fingerprint density at radius 2 is 1.75 bits per heavy atom. The molecule has 0 saturated carbocycles. The minimum absolute atomic E-state index is 0.778. The highest BCUT2D eigenvalue weighted by atomic mass is 16.5. The monoisotopic (exact) mass is 269 g/mol. The molecule has 0 amide bonds. The summed E-state index contributed by atoms with van der Waals surface area (Å²) in [7, 11) is 0. The minimum atomic E-state index is 0.778. The zero-order chi connectivity index (χ0) is 14.4. The van der Waals surface area contributed by atoms with Gasteiger partial charge >= 0.3 is 0 Å². The third kappa shape index (κ3) is 4.02. The molecule has 0 heterocycles. The number of anilines is 1. The highest BCUT2D eigenvalue weighted by Gasteiger charge is 1.99.